The third kappa shape index (κ3) is 8.97. The van der Waals surface area contributed by atoms with Crippen LogP contribution < -0.4 is 0 Å². The molecule has 45 heavy (non-hydrogen) atoms. The van der Waals surface area contributed by atoms with Gasteiger partial charge in [-0.1, -0.05) is 100 Å². The summed E-state index contributed by atoms with van der Waals surface area (Å²) in [6, 6.07) is 23.8. The molecule has 8 nitrogen and oxygen atoms in total. The van der Waals surface area contributed by atoms with Crippen molar-refractivity contribution in [2.75, 3.05) is 14.2 Å². The number of methoxy groups -OCH3 is 2. The van der Waals surface area contributed by atoms with Crippen LogP contribution in [0.1, 0.15) is 27.0 Å². The van der Waals surface area contributed by atoms with Crippen molar-refractivity contribution in [3.63, 3.8) is 0 Å². The maximum absolute atomic E-state index is 12.1. The van der Waals surface area contributed by atoms with E-state index in [-0.39, 0.29) is 18.1 Å². The molecule has 0 spiro atoms. The Morgan fingerprint density at radius 3 is 1.84 bits per heavy atom. The number of benzene rings is 3. The number of fused-ring (bicyclic) bond motifs is 3. The average molecular weight is 726 g/mol. The fraction of sp³-hybridized carbons (Fsp3) is 0.129. The molecule has 1 atom stereocenters. The summed E-state index contributed by atoms with van der Waals surface area (Å²) in [4.78, 5) is 39.7. The van der Waals surface area contributed by atoms with Crippen molar-refractivity contribution in [3.8, 4) is 0 Å². The van der Waals surface area contributed by atoms with Crippen LogP contribution in [-0.4, -0.2) is 41.0 Å². The van der Waals surface area contributed by atoms with Gasteiger partial charge in [-0.2, -0.15) is 9.59 Å². The number of carbonyl (C=O) groups excluding carboxylic acids is 4. The van der Waals surface area contributed by atoms with Gasteiger partial charge in [-0.05, 0) is 53.4 Å². The van der Waals surface area contributed by atoms with Crippen molar-refractivity contribution in [1.82, 2.24) is 8.68 Å². The molecular weight excluding hydrogens is 700 g/mol. The fourth-order valence-electron chi connectivity index (χ4n) is 4.73. The predicted octanol–water partition coefficient (Wildman–Crippen LogP) is 9.70. The van der Waals surface area contributed by atoms with E-state index < -0.39 is 13.6 Å². The van der Waals surface area contributed by atoms with Crippen LogP contribution >= 0.6 is 58.5 Å². The van der Waals surface area contributed by atoms with Crippen LogP contribution in [0.3, 0.4) is 0 Å². The van der Waals surface area contributed by atoms with Gasteiger partial charge in [0.25, 0.3) is 0 Å². The molecule has 0 N–H and O–H groups in total. The zero-order valence-electron chi connectivity index (χ0n) is 24.1. The number of aromatic nitrogens is 2. The van der Waals surface area contributed by atoms with Gasteiger partial charge < -0.3 is 9.47 Å². The van der Waals surface area contributed by atoms with E-state index in [2.05, 4.69) is 34.3 Å². The van der Waals surface area contributed by atoms with E-state index in [0.29, 0.717) is 11.1 Å². The number of ether oxygens (including phenoxy) is 2. The van der Waals surface area contributed by atoms with Crippen LogP contribution in [0.15, 0.2) is 91.3 Å². The number of rotatable bonds is 4. The Morgan fingerprint density at radius 2 is 1.24 bits per heavy atom. The summed E-state index contributed by atoms with van der Waals surface area (Å²) in [5.41, 5.74) is 6.60. The molecule has 0 bridgehead atoms. The molecule has 1 aliphatic rings. The van der Waals surface area contributed by atoms with Crippen molar-refractivity contribution in [2.45, 2.75) is 13.3 Å². The zero-order valence-corrected chi connectivity index (χ0v) is 28.9. The van der Waals surface area contributed by atoms with E-state index in [1.54, 1.807) is 6.20 Å². The molecule has 1 unspecified atom stereocenters. The maximum Gasteiger partial charge on any atom is 0.373 e. The summed E-state index contributed by atoms with van der Waals surface area (Å²) in [6.45, 7) is 2.08. The number of nitrogens with zero attached hydrogens (tertiary/aromatic N) is 2. The van der Waals surface area contributed by atoms with Crippen molar-refractivity contribution in [3.05, 3.63) is 114 Å². The van der Waals surface area contributed by atoms with Crippen LogP contribution in [0.5, 0.6) is 0 Å². The average Bonchev–Trinajstić information content (AvgIpc) is 3.74. The first-order valence-corrected chi connectivity index (χ1v) is 19.1. The third-order valence-corrected chi connectivity index (χ3v) is 8.93. The number of halogens is 4. The standard InChI is InChI=1S/C19H16ClN2O2P.C11H10O2.CO2.Cl3P/c1-13-11-21(17-9-5-3-7-14(13)17)25(20)22-12-16(19(23)24-2)15-8-4-6-10-18(15)22;1-13-11(12)10-7-6-8-4-2-3-5-9(8)10;2-1-3;1-4(2)3/h3-12H,1-2H3;2-5,7H,6H2,1H3;;. The van der Waals surface area contributed by atoms with Gasteiger partial charge in [-0.15, -0.1) is 0 Å². The molecule has 6 rings (SSSR count). The first-order valence-electron chi connectivity index (χ1n) is 12.9. The second-order valence-corrected chi connectivity index (χ2v) is 16.3. The lowest BCUT2D eigenvalue weighted by atomic mass is 10.1. The highest BCUT2D eigenvalue weighted by Crippen LogP contribution is 2.51. The van der Waals surface area contributed by atoms with E-state index in [1.165, 1.54) is 30.7 Å². The number of hydrogen-bond acceptors (Lipinski definition) is 6. The lowest BCUT2D eigenvalue weighted by Gasteiger charge is -2.15. The van der Waals surface area contributed by atoms with E-state index in [1.807, 2.05) is 71.1 Å². The normalized spacial score (nSPS) is 11.9. The molecule has 2 aromatic heterocycles. The summed E-state index contributed by atoms with van der Waals surface area (Å²) in [5.74, 6) is -1.81. The molecular formula is C31H26Cl4N2O6P2. The monoisotopic (exact) mass is 724 g/mol. The number of hydrogen-bond donors (Lipinski definition) is 0. The largest absolute Gasteiger partial charge is 0.465 e. The van der Waals surface area contributed by atoms with Gasteiger partial charge in [0.2, 0.25) is 7.58 Å². The minimum Gasteiger partial charge on any atom is -0.465 e. The van der Waals surface area contributed by atoms with E-state index in [4.69, 9.17) is 59.3 Å². The Bertz CT molecular complexity index is 1860. The highest BCUT2D eigenvalue weighted by atomic mass is 36.0. The Balaban J connectivity index is 0.000000230. The number of allylic oxidation sites excluding steroid dienone is 1. The van der Waals surface area contributed by atoms with Gasteiger partial charge in [0.15, 0.2) is 5.98 Å². The van der Waals surface area contributed by atoms with Crippen molar-refractivity contribution >= 4 is 104 Å². The molecule has 0 saturated carbocycles. The SMILES string of the molecule is COC(=O)C1=CCc2ccccc21.COC(=O)c1cn(P(Cl)n2cc(C)c3ccccc32)c2ccccc12.ClP(Cl)Cl.O=C=O. The summed E-state index contributed by atoms with van der Waals surface area (Å²) < 4.78 is 13.6. The first-order chi connectivity index (χ1) is 21.6. The highest BCUT2D eigenvalue weighted by molar-refractivity contribution is 8.20. The van der Waals surface area contributed by atoms with Crippen LogP contribution in [0.25, 0.3) is 27.4 Å². The van der Waals surface area contributed by atoms with Gasteiger partial charge in [-0.3, -0.25) is 8.68 Å². The minimum atomic E-state index is -1.26. The molecule has 0 aliphatic heterocycles. The summed E-state index contributed by atoms with van der Waals surface area (Å²) in [7, 11) is 1.54. The molecule has 234 valence electrons. The summed E-state index contributed by atoms with van der Waals surface area (Å²) in [5, 5.41) is 2.02. The Kier molecular flexibility index (Phi) is 14.1. The molecule has 0 saturated heterocycles. The van der Waals surface area contributed by atoms with Crippen molar-refractivity contribution in [1.29, 1.82) is 0 Å². The molecule has 0 amide bonds. The topological polar surface area (TPSA) is 96.6 Å². The van der Waals surface area contributed by atoms with Crippen LogP contribution in [-0.2, 0) is 30.3 Å². The second kappa shape index (κ2) is 17.5. The number of para-hydroxylation sites is 2. The van der Waals surface area contributed by atoms with Gasteiger partial charge in [0.05, 0.1) is 36.4 Å². The molecule has 3 aromatic carbocycles. The number of aryl methyl sites for hydroxylation is 1. The van der Waals surface area contributed by atoms with Gasteiger partial charge in [-0.25, -0.2) is 9.59 Å². The van der Waals surface area contributed by atoms with Gasteiger partial charge in [0.1, 0.15) is 0 Å². The second-order valence-electron chi connectivity index (χ2n) is 9.06. The highest BCUT2D eigenvalue weighted by Gasteiger charge is 2.22. The van der Waals surface area contributed by atoms with E-state index in [9.17, 15) is 9.59 Å². The van der Waals surface area contributed by atoms with Gasteiger partial charge >= 0.3 is 18.1 Å². The molecule has 0 radical (unpaired) electrons. The maximum atomic E-state index is 12.1. The van der Waals surface area contributed by atoms with Crippen LogP contribution in [0.4, 0.5) is 0 Å². The Labute approximate surface area is 281 Å². The Hall–Kier alpha value is -3.18. The smallest absolute Gasteiger partial charge is 0.373 e. The molecule has 0 fully saturated rings. The first kappa shape index (κ1) is 36.3. The fourth-order valence-corrected chi connectivity index (χ4v) is 6.87. The molecule has 14 heteroatoms. The number of esters is 2. The molecule has 2 heterocycles. The lowest BCUT2D eigenvalue weighted by Crippen LogP contribution is -2.02. The van der Waals surface area contributed by atoms with E-state index >= 15 is 0 Å². The summed E-state index contributed by atoms with van der Waals surface area (Å²) >= 11 is 21.5. The van der Waals surface area contributed by atoms with Gasteiger partial charge in [0, 0.05) is 23.2 Å². The number of carbonyl (C=O) groups is 2. The summed E-state index contributed by atoms with van der Waals surface area (Å²) in [6.07, 6.45) is 6.85. The lowest BCUT2D eigenvalue weighted by molar-refractivity contribution is -0.191. The zero-order chi connectivity index (χ0) is 33.1. The molecule has 5 aromatic rings. The van der Waals surface area contributed by atoms with E-state index in [0.717, 1.165) is 28.4 Å². The Morgan fingerprint density at radius 1 is 0.756 bits per heavy atom. The minimum absolute atomic E-state index is 0.245. The van der Waals surface area contributed by atoms with Crippen LogP contribution in [0, 0.1) is 6.92 Å². The van der Waals surface area contributed by atoms with Crippen molar-refractivity contribution in [2.24, 2.45) is 0 Å². The molecule has 1 aliphatic carbocycles. The predicted molar refractivity (Wildman–Crippen MR) is 183 cm³/mol. The van der Waals surface area contributed by atoms with Crippen molar-refractivity contribution < 1.29 is 28.7 Å². The van der Waals surface area contributed by atoms with Crippen LogP contribution in [0.2, 0.25) is 0 Å². The quantitative estimate of drug-likeness (QED) is 0.135. The third-order valence-electron chi connectivity index (χ3n) is 6.58.